The van der Waals surface area contributed by atoms with Gasteiger partial charge < -0.3 is 4.90 Å². The van der Waals surface area contributed by atoms with Crippen molar-refractivity contribution in [3.63, 3.8) is 0 Å². The van der Waals surface area contributed by atoms with Gasteiger partial charge in [-0.2, -0.15) is 0 Å². The van der Waals surface area contributed by atoms with E-state index in [1.54, 1.807) is 16.7 Å². The van der Waals surface area contributed by atoms with Crippen molar-refractivity contribution in [2.75, 3.05) is 4.90 Å². The maximum Gasteiger partial charge on any atom is 0.0467 e. The zero-order chi connectivity index (χ0) is 29.8. The molecule has 2 aliphatic rings. The Hall–Kier alpha value is -3.32. The molecular formula is C40H47N. The molecule has 0 spiro atoms. The summed E-state index contributed by atoms with van der Waals surface area (Å²) in [5.74, 6) is 0. The molecule has 0 atom stereocenters. The fourth-order valence-corrected chi connectivity index (χ4v) is 8.77. The molecule has 0 saturated heterocycles. The van der Waals surface area contributed by atoms with Gasteiger partial charge in [0.05, 0.1) is 0 Å². The standard InChI is InChI=1S/C40H47N/c1-26-22-31(41(29-18-14-12-15-19-29)30-20-16-13-17-21-30)23-27(2)34(26)28-24-32-35-33(25-28)37(5,6)39(9,10)40(35,11)38(7,8)36(32,3)4/h12-25H,1-11H3. The number of para-hydroxylation sites is 2. The van der Waals surface area contributed by atoms with Crippen LogP contribution >= 0.6 is 0 Å². The van der Waals surface area contributed by atoms with Gasteiger partial charge in [-0.25, -0.2) is 0 Å². The summed E-state index contributed by atoms with van der Waals surface area (Å²) in [5, 5.41) is 0. The van der Waals surface area contributed by atoms with Crippen LogP contribution in [0.3, 0.4) is 0 Å². The van der Waals surface area contributed by atoms with Gasteiger partial charge in [-0.15, -0.1) is 0 Å². The number of aryl methyl sites for hydroxylation is 2. The molecule has 41 heavy (non-hydrogen) atoms. The molecule has 4 aromatic rings. The molecule has 0 heterocycles. The molecule has 0 aromatic heterocycles. The van der Waals surface area contributed by atoms with Gasteiger partial charge in [0, 0.05) is 22.5 Å². The molecule has 6 rings (SSSR count). The van der Waals surface area contributed by atoms with E-state index in [1.807, 2.05) is 0 Å². The average Bonchev–Trinajstić information content (AvgIpc) is 3.12. The quantitative estimate of drug-likeness (QED) is 0.248. The average molecular weight is 542 g/mol. The molecule has 0 unspecified atom stereocenters. The van der Waals surface area contributed by atoms with Gasteiger partial charge in [0.1, 0.15) is 0 Å². The van der Waals surface area contributed by atoms with Crippen LogP contribution < -0.4 is 4.90 Å². The molecule has 2 aliphatic carbocycles. The third kappa shape index (κ3) is 3.35. The van der Waals surface area contributed by atoms with Crippen molar-refractivity contribution in [3.8, 4) is 11.1 Å². The second-order valence-corrected chi connectivity index (χ2v) is 15.0. The molecule has 4 aromatic carbocycles. The van der Waals surface area contributed by atoms with Crippen molar-refractivity contribution in [3.05, 3.63) is 113 Å². The van der Waals surface area contributed by atoms with Gasteiger partial charge in [-0.1, -0.05) is 111 Å². The maximum atomic E-state index is 2.56. The molecule has 0 saturated carbocycles. The van der Waals surface area contributed by atoms with Crippen molar-refractivity contribution >= 4 is 17.1 Å². The first-order valence-corrected chi connectivity index (χ1v) is 15.3. The van der Waals surface area contributed by atoms with E-state index < -0.39 is 0 Å². The van der Waals surface area contributed by atoms with E-state index in [1.165, 1.54) is 39.3 Å². The number of hydrogen-bond acceptors (Lipinski definition) is 1. The largest absolute Gasteiger partial charge is 0.310 e. The Bertz CT molecular complexity index is 1540. The van der Waals surface area contributed by atoms with Crippen LogP contribution in [0.2, 0.25) is 0 Å². The fourth-order valence-electron chi connectivity index (χ4n) is 8.77. The van der Waals surface area contributed by atoms with Crippen molar-refractivity contribution in [2.45, 2.75) is 92.4 Å². The molecule has 0 amide bonds. The number of benzene rings is 4. The van der Waals surface area contributed by atoms with Crippen LogP contribution in [-0.2, 0) is 16.2 Å². The van der Waals surface area contributed by atoms with E-state index in [9.17, 15) is 0 Å². The monoisotopic (exact) mass is 541 g/mol. The highest BCUT2D eigenvalue weighted by molar-refractivity contribution is 5.83. The van der Waals surface area contributed by atoms with Crippen LogP contribution in [0, 0.1) is 24.7 Å². The number of rotatable bonds is 4. The maximum absolute atomic E-state index is 2.56. The Balaban J connectivity index is 1.57. The number of hydrogen-bond donors (Lipinski definition) is 0. The Kier molecular flexibility index (Phi) is 5.84. The van der Waals surface area contributed by atoms with E-state index in [-0.39, 0.29) is 27.1 Å². The summed E-state index contributed by atoms with van der Waals surface area (Å²) in [6, 6.07) is 31.3. The van der Waals surface area contributed by atoms with E-state index in [4.69, 9.17) is 0 Å². The molecule has 0 fully saturated rings. The van der Waals surface area contributed by atoms with Crippen molar-refractivity contribution in [2.24, 2.45) is 10.8 Å². The molecule has 0 N–H and O–H groups in total. The summed E-state index contributed by atoms with van der Waals surface area (Å²) < 4.78 is 0. The highest BCUT2D eigenvalue weighted by Crippen LogP contribution is 2.76. The van der Waals surface area contributed by atoms with Gasteiger partial charge in [0.25, 0.3) is 0 Å². The van der Waals surface area contributed by atoms with Crippen LogP contribution in [-0.4, -0.2) is 0 Å². The number of nitrogens with zero attached hydrogens (tertiary/aromatic N) is 1. The summed E-state index contributed by atoms with van der Waals surface area (Å²) in [6.07, 6.45) is 0. The fraction of sp³-hybridized carbons (Fsp3) is 0.400. The smallest absolute Gasteiger partial charge is 0.0467 e. The zero-order valence-corrected chi connectivity index (χ0v) is 27.0. The van der Waals surface area contributed by atoms with Gasteiger partial charge in [-0.3, -0.25) is 0 Å². The van der Waals surface area contributed by atoms with Gasteiger partial charge in [0.15, 0.2) is 0 Å². The van der Waals surface area contributed by atoms with Crippen molar-refractivity contribution in [1.82, 2.24) is 0 Å². The minimum absolute atomic E-state index is 0.0643. The molecule has 1 nitrogen and oxygen atoms in total. The predicted octanol–water partition coefficient (Wildman–Crippen LogP) is 11.3. The van der Waals surface area contributed by atoms with Crippen LogP contribution in [0.4, 0.5) is 17.1 Å². The summed E-state index contributed by atoms with van der Waals surface area (Å²) in [5.41, 5.74) is 14.1. The van der Waals surface area contributed by atoms with E-state index >= 15 is 0 Å². The molecule has 0 bridgehead atoms. The van der Waals surface area contributed by atoms with Crippen LogP contribution in [0.1, 0.15) is 90.1 Å². The second-order valence-electron chi connectivity index (χ2n) is 15.0. The Labute approximate surface area is 248 Å². The Morgan fingerprint density at radius 1 is 0.488 bits per heavy atom. The van der Waals surface area contributed by atoms with Gasteiger partial charge in [-0.05, 0) is 111 Å². The lowest BCUT2D eigenvalue weighted by Crippen LogP contribution is -2.55. The number of anilines is 3. The Morgan fingerprint density at radius 3 is 1.27 bits per heavy atom. The lowest BCUT2D eigenvalue weighted by atomic mass is 9.47. The highest BCUT2D eigenvalue weighted by Gasteiger charge is 2.72. The lowest BCUT2D eigenvalue weighted by Gasteiger charge is -2.56. The topological polar surface area (TPSA) is 3.24 Å². The van der Waals surface area contributed by atoms with Crippen molar-refractivity contribution in [1.29, 1.82) is 0 Å². The lowest BCUT2D eigenvalue weighted by molar-refractivity contribution is -0.0105. The third-order valence-corrected chi connectivity index (χ3v) is 12.7. The SMILES string of the molecule is Cc1cc(N(c2ccccc2)c2ccccc2)cc(C)c1-c1cc2c3c(c1)C(C)(C)C(C)(C)C3(C)C(C)(C)C2(C)C. The van der Waals surface area contributed by atoms with Crippen LogP contribution in [0.5, 0.6) is 0 Å². The minimum atomic E-state index is 0.0643. The second kappa shape index (κ2) is 8.60. The first-order valence-electron chi connectivity index (χ1n) is 15.3. The minimum Gasteiger partial charge on any atom is -0.310 e. The van der Waals surface area contributed by atoms with Crippen LogP contribution in [0.25, 0.3) is 11.1 Å². The molecule has 1 heteroatoms. The summed E-state index contributed by atoms with van der Waals surface area (Å²) in [6.45, 7) is 27.2. The summed E-state index contributed by atoms with van der Waals surface area (Å²) in [4.78, 5) is 2.37. The van der Waals surface area contributed by atoms with Gasteiger partial charge in [0.2, 0.25) is 0 Å². The molecule has 212 valence electrons. The third-order valence-electron chi connectivity index (χ3n) is 12.7. The molecular weight excluding hydrogens is 494 g/mol. The van der Waals surface area contributed by atoms with E-state index in [0.717, 1.165) is 0 Å². The van der Waals surface area contributed by atoms with E-state index in [2.05, 4.69) is 166 Å². The van der Waals surface area contributed by atoms with Crippen LogP contribution in [0.15, 0.2) is 84.9 Å². The first kappa shape index (κ1) is 27.8. The summed E-state index contributed by atoms with van der Waals surface area (Å²) >= 11 is 0. The predicted molar refractivity (Wildman–Crippen MR) is 177 cm³/mol. The molecule has 0 aliphatic heterocycles. The van der Waals surface area contributed by atoms with Crippen molar-refractivity contribution < 1.29 is 0 Å². The normalized spacial score (nSPS) is 20.1. The molecule has 0 radical (unpaired) electrons. The first-order chi connectivity index (χ1) is 19.1. The highest BCUT2D eigenvalue weighted by atomic mass is 15.1. The summed E-state index contributed by atoms with van der Waals surface area (Å²) in [7, 11) is 0. The Morgan fingerprint density at radius 2 is 0.878 bits per heavy atom. The zero-order valence-electron chi connectivity index (χ0n) is 27.0. The van der Waals surface area contributed by atoms with E-state index in [0.29, 0.717) is 0 Å². The van der Waals surface area contributed by atoms with Gasteiger partial charge >= 0.3 is 0 Å².